The predicted molar refractivity (Wildman–Crippen MR) is 128 cm³/mol. The third kappa shape index (κ3) is 3.68. The summed E-state index contributed by atoms with van der Waals surface area (Å²) in [5.41, 5.74) is 1.57. The quantitative estimate of drug-likeness (QED) is 0.387. The molecule has 34 heavy (non-hydrogen) atoms. The van der Waals surface area contributed by atoms with Crippen LogP contribution in [0.5, 0.6) is 0 Å². The van der Waals surface area contributed by atoms with E-state index in [1.807, 2.05) is 13.0 Å². The molecule has 0 aliphatic carbocycles. The van der Waals surface area contributed by atoms with E-state index in [1.165, 1.54) is 39.3 Å². The van der Waals surface area contributed by atoms with Crippen molar-refractivity contribution in [1.29, 1.82) is 5.41 Å². The van der Waals surface area contributed by atoms with Crippen molar-refractivity contribution in [3.63, 3.8) is 0 Å². The van der Waals surface area contributed by atoms with E-state index in [0.717, 1.165) is 11.1 Å². The highest BCUT2D eigenvalue weighted by Crippen LogP contribution is 2.22. The van der Waals surface area contributed by atoms with Crippen LogP contribution in [-0.4, -0.2) is 27.4 Å². The molecule has 1 aromatic carbocycles. The number of benzene rings is 1. The molecule has 4 aromatic heterocycles. The Morgan fingerprint density at radius 1 is 1.03 bits per heavy atom. The van der Waals surface area contributed by atoms with Crippen molar-refractivity contribution in [1.82, 2.24) is 18.9 Å². The predicted octanol–water partition coefficient (Wildman–Crippen LogP) is 3.37. The van der Waals surface area contributed by atoms with E-state index >= 15 is 0 Å². The minimum absolute atomic E-state index is 0.0232. The van der Waals surface area contributed by atoms with Gasteiger partial charge < -0.3 is 4.57 Å². The lowest BCUT2D eigenvalue weighted by atomic mass is 10.2. The number of nitrogens with one attached hydrogen (secondary N) is 1. The van der Waals surface area contributed by atoms with Crippen LogP contribution in [0.4, 0.5) is 0 Å². The van der Waals surface area contributed by atoms with Gasteiger partial charge in [0.05, 0.1) is 16.8 Å². The Kier molecular flexibility index (Phi) is 5.30. The Morgan fingerprint density at radius 3 is 2.44 bits per heavy atom. The zero-order chi connectivity index (χ0) is 24.0. The van der Waals surface area contributed by atoms with E-state index in [1.54, 1.807) is 36.8 Å². The summed E-state index contributed by atoms with van der Waals surface area (Å²) < 4.78 is 29.9. The number of sulfone groups is 1. The standard InChI is InChI=1S/C24H18ClN5O3S/c1-15-2-7-21-28-23-19(24(31)29(21)13-15)12-20(34(32,33)18-5-3-17(25)4-6-18)22(26)30(23)14-16-8-10-27-11-9-16/h2-13,26H,14H2,1H3. The maximum absolute atomic E-state index is 13.5. The topological polar surface area (TPSA) is 110 Å². The van der Waals surface area contributed by atoms with Gasteiger partial charge in [-0.1, -0.05) is 17.7 Å². The molecule has 0 amide bonds. The number of aryl methyl sites for hydroxylation is 1. The highest BCUT2D eigenvalue weighted by Gasteiger charge is 2.24. The number of nitrogens with zero attached hydrogens (tertiary/aromatic N) is 4. The Balaban J connectivity index is 1.88. The van der Waals surface area contributed by atoms with E-state index in [4.69, 9.17) is 17.0 Å². The lowest BCUT2D eigenvalue weighted by Crippen LogP contribution is -2.30. The van der Waals surface area contributed by atoms with Crippen LogP contribution in [-0.2, 0) is 16.4 Å². The molecule has 0 saturated carbocycles. The molecule has 1 N–H and O–H groups in total. The monoisotopic (exact) mass is 491 g/mol. The summed E-state index contributed by atoms with van der Waals surface area (Å²) in [7, 11) is -4.13. The Bertz CT molecular complexity index is 1800. The fraction of sp³-hybridized carbons (Fsp3) is 0.0833. The van der Waals surface area contributed by atoms with Gasteiger partial charge in [-0.15, -0.1) is 0 Å². The number of pyridine rings is 3. The van der Waals surface area contributed by atoms with Gasteiger partial charge in [-0.3, -0.25) is 19.6 Å². The first kappa shape index (κ1) is 22.0. The third-order valence-corrected chi connectivity index (χ3v) is 7.56. The fourth-order valence-electron chi connectivity index (χ4n) is 3.79. The van der Waals surface area contributed by atoms with Crippen molar-refractivity contribution in [2.24, 2.45) is 0 Å². The van der Waals surface area contributed by atoms with Crippen molar-refractivity contribution in [3.8, 4) is 0 Å². The van der Waals surface area contributed by atoms with Crippen molar-refractivity contribution >= 4 is 38.1 Å². The number of hydrogen-bond acceptors (Lipinski definition) is 6. The maximum atomic E-state index is 13.5. The van der Waals surface area contributed by atoms with Crippen LogP contribution in [0.1, 0.15) is 11.1 Å². The number of halogens is 1. The molecule has 170 valence electrons. The molecule has 4 heterocycles. The van der Waals surface area contributed by atoms with Crippen molar-refractivity contribution in [3.05, 3.63) is 105 Å². The smallest absolute Gasteiger partial charge is 0.267 e. The summed E-state index contributed by atoms with van der Waals surface area (Å²) in [5.74, 6) is 0. The second-order valence-corrected chi connectivity index (χ2v) is 10.2. The second-order valence-electron chi connectivity index (χ2n) is 7.85. The average Bonchev–Trinajstić information content (AvgIpc) is 2.82. The molecule has 5 rings (SSSR count). The lowest BCUT2D eigenvalue weighted by molar-refractivity contribution is 0.591. The molecule has 0 radical (unpaired) electrons. The molecule has 8 nitrogen and oxygen atoms in total. The molecular formula is C24H18ClN5O3S. The van der Waals surface area contributed by atoms with Crippen molar-refractivity contribution < 1.29 is 8.42 Å². The molecule has 0 spiro atoms. The third-order valence-electron chi connectivity index (χ3n) is 5.52. The Morgan fingerprint density at radius 2 is 1.74 bits per heavy atom. The van der Waals surface area contributed by atoms with Crippen LogP contribution in [0.2, 0.25) is 5.02 Å². The first-order chi connectivity index (χ1) is 16.3. The molecule has 0 saturated heterocycles. The summed E-state index contributed by atoms with van der Waals surface area (Å²) >= 11 is 5.93. The van der Waals surface area contributed by atoms with Gasteiger partial charge in [-0.2, -0.15) is 0 Å². The van der Waals surface area contributed by atoms with E-state index in [2.05, 4.69) is 9.97 Å². The summed E-state index contributed by atoms with van der Waals surface area (Å²) in [6.45, 7) is 1.99. The van der Waals surface area contributed by atoms with Gasteiger partial charge in [-0.25, -0.2) is 13.4 Å². The summed E-state index contributed by atoms with van der Waals surface area (Å²) in [5, 5.41) is 9.32. The number of rotatable bonds is 4. The van der Waals surface area contributed by atoms with Gasteiger partial charge in [0.15, 0.2) is 0 Å². The minimum Gasteiger partial charge on any atom is -0.305 e. The lowest BCUT2D eigenvalue weighted by Gasteiger charge is -2.15. The first-order valence-corrected chi connectivity index (χ1v) is 12.1. The Labute approximate surface area is 199 Å². The van der Waals surface area contributed by atoms with Gasteiger partial charge in [0.2, 0.25) is 9.84 Å². The summed E-state index contributed by atoms with van der Waals surface area (Å²) in [4.78, 5) is 21.8. The van der Waals surface area contributed by atoms with E-state index in [0.29, 0.717) is 10.7 Å². The first-order valence-electron chi connectivity index (χ1n) is 10.3. The molecule has 0 bridgehead atoms. The SMILES string of the molecule is Cc1ccc2nc3c(cc(S(=O)(=O)c4ccc(Cl)cc4)c(=N)n3Cc3ccncc3)c(=O)n2c1. The average molecular weight is 492 g/mol. The van der Waals surface area contributed by atoms with Crippen LogP contribution in [0.15, 0.2) is 87.8 Å². The van der Waals surface area contributed by atoms with Crippen LogP contribution in [0.3, 0.4) is 0 Å². The summed E-state index contributed by atoms with van der Waals surface area (Å²) in [6, 6.07) is 14.0. The van der Waals surface area contributed by atoms with Crippen LogP contribution < -0.4 is 11.0 Å². The summed E-state index contributed by atoms with van der Waals surface area (Å²) in [6.07, 6.45) is 4.87. The van der Waals surface area contributed by atoms with Crippen molar-refractivity contribution in [2.75, 3.05) is 0 Å². The molecular weight excluding hydrogens is 474 g/mol. The number of hydrogen-bond donors (Lipinski definition) is 1. The van der Waals surface area contributed by atoms with Crippen LogP contribution in [0, 0.1) is 12.3 Å². The molecule has 10 heteroatoms. The van der Waals surface area contributed by atoms with Crippen LogP contribution >= 0.6 is 11.6 Å². The fourth-order valence-corrected chi connectivity index (χ4v) is 5.30. The molecule has 5 aromatic rings. The van der Waals surface area contributed by atoms with E-state index in [-0.39, 0.29) is 32.9 Å². The highest BCUT2D eigenvalue weighted by atomic mass is 35.5. The zero-order valence-corrected chi connectivity index (χ0v) is 19.5. The maximum Gasteiger partial charge on any atom is 0.267 e. The van der Waals surface area contributed by atoms with Gasteiger partial charge in [0.1, 0.15) is 21.7 Å². The van der Waals surface area contributed by atoms with Gasteiger partial charge in [0, 0.05) is 23.6 Å². The van der Waals surface area contributed by atoms with Gasteiger partial charge in [0.25, 0.3) is 5.56 Å². The molecule has 0 aliphatic heterocycles. The van der Waals surface area contributed by atoms with E-state index in [9.17, 15) is 13.2 Å². The van der Waals surface area contributed by atoms with Crippen molar-refractivity contribution in [2.45, 2.75) is 23.3 Å². The normalized spacial score (nSPS) is 11.8. The molecule has 0 atom stereocenters. The molecule has 0 unspecified atom stereocenters. The molecule has 0 fully saturated rings. The van der Waals surface area contributed by atoms with Crippen LogP contribution in [0.25, 0.3) is 16.7 Å². The highest BCUT2D eigenvalue weighted by molar-refractivity contribution is 7.91. The van der Waals surface area contributed by atoms with E-state index < -0.39 is 15.4 Å². The zero-order valence-electron chi connectivity index (χ0n) is 17.9. The number of fused-ring (bicyclic) bond motifs is 2. The minimum atomic E-state index is -4.13. The second kappa shape index (κ2) is 8.19. The van der Waals surface area contributed by atoms with Gasteiger partial charge >= 0.3 is 0 Å². The molecule has 0 aliphatic rings. The largest absolute Gasteiger partial charge is 0.305 e. The Hall–Kier alpha value is -3.82. The van der Waals surface area contributed by atoms with Gasteiger partial charge in [-0.05, 0) is 66.6 Å². The number of aromatic nitrogens is 4.